The molecule has 0 saturated carbocycles. The van der Waals surface area contributed by atoms with Gasteiger partial charge < -0.3 is 24.8 Å². The van der Waals surface area contributed by atoms with Gasteiger partial charge in [-0.3, -0.25) is 4.79 Å². The molecule has 1 heterocycles. The average molecular weight is 364 g/mol. The summed E-state index contributed by atoms with van der Waals surface area (Å²) >= 11 is 0. The van der Waals surface area contributed by atoms with Crippen molar-refractivity contribution in [3.8, 4) is 0 Å². The highest BCUT2D eigenvalue weighted by atomic mass is 16.6. The van der Waals surface area contributed by atoms with Crippen LogP contribution in [0.2, 0.25) is 0 Å². The molecule has 1 unspecified atom stereocenters. The first-order valence-electron chi connectivity index (χ1n) is 8.48. The summed E-state index contributed by atoms with van der Waals surface area (Å²) in [6.07, 6.45) is -1.99. The number of benzene rings is 1. The van der Waals surface area contributed by atoms with Crippen molar-refractivity contribution in [2.45, 2.75) is 45.3 Å². The van der Waals surface area contributed by atoms with Crippen molar-refractivity contribution in [2.75, 3.05) is 6.61 Å². The minimum absolute atomic E-state index is 0.482. The molecule has 142 valence electrons. The Kier molecular flexibility index (Phi) is 6.39. The van der Waals surface area contributed by atoms with E-state index in [2.05, 4.69) is 13.8 Å². The number of cyclic esters (lactones) is 1. The average Bonchev–Trinajstić information content (AvgIpc) is 2.89. The van der Waals surface area contributed by atoms with Gasteiger partial charge >= 0.3 is 11.9 Å². The molecular formula is C19H24O7. The third-order valence-corrected chi connectivity index (χ3v) is 4.14. The predicted octanol–water partition coefficient (Wildman–Crippen LogP) is 1.58. The van der Waals surface area contributed by atoms with Gasteiger partial charge in [0.25, 0.3) is 0 Å². The topological polar surface area (TPSA) is 113 Å². The molecule has 3 atom stereocenters. The van der Waals surface area contributed by atoms with Crippen molar-refractivity contribution in [1.29, 1.82) is 0 Å². The second-order valence-corrected chi connectivity index (χ2v) is 6.77. The van der Waals surface area contributed by atoms with Gasteiger partial charge in [-0.05, 0) is 30.4 Å². The fraction of sp³-hybridized carbons (Fsp3) is 0.474. The highest BCUT2D eigenvalue weighted by molar-refractivity contribution is 5.90. The molecule has 0 saturated heterocycles. The fourth-order valence-electron chi connectivity index (χ4n) is 2.66. The summed E-state index contributed by atoms with van der Waals surface area (Å²) in [4.78, 5) is 23.8. The SMILES string of the molecule is CC(C)Cc1ccc(C(C)C(=O)OC2=C(O)C(=O)O[C@@H]2[C@@H](O)CO)cc1. The van der Waals surface area contributed by atoms with Crippen molar-refractivity contribution in [3.63, 3.8) is 0 Å². The Morgan fingerprint density at radius 1 is 1.23 bits per heavy atom. The number of aliphatic hydroxyl groups excluding tert-OH is 3. The minimum Gasteiger partial charge on any atom is -0.499 e. The number of carbonyl (C=O) groups is 2. The maximum atomic E-state index is 12.4. The Labute approximate surface area is 151 Å². The van der Waals surface area contributed by atoms with Crippen molar-refractivity contribution in [3.05, 3.63) is 46.9 Å². The van der Waals surface area contributed by atoms with Crippen molar-refractivity contribution < 1.29 is 34.4 Å². The molecule has 0 amide bonds. The first-order valence-corrected chi connectivity index (χ1v) is 8.48. The summed E-state index contributed by atoms with van der Waals surface area (Å²) in [5, 5.41) is 28.4. The quantitative estimate of drug-likeness (QED) is 0.630. The van der Waals surface area contributed by atoms with E-state index < -0.39 is 48.2 Å². The minimum atomic E-state index is -1.50. The van der Waals surface area contributed by atoms with Gasteiger partial charge in [-0.1, -0.05) is 38.1 Å². The van der Waals surface area contributed by atoms with Crippen LogP contribution in [0, 0.1) is 5.92 Å². The fourth-order valence-corrected chi connectivity index (χ4v) is 2.66. The third-order valence-electron chi connectivity index (χ3n) is 4.14. The second-order valence-electron chi connectivity index (χ2n) is 6.77. The zero-order chi connectivity index (χ0) is 19.4. The molecule has 3 N–H and O–H groups in total. The molecule has 0 fully saturated rings. The number of hydrogen-bond acceptors (Lipinski definition) is 7. The Morgan fingerprint density at radius 3 is 2.38 bits per heavy atom. The van der Waals surface area contributed by atoms with E-state index in [1.807, 2.05) is 24.3 Å². The number of ether oxygens (including phenoxy) is 2. The normalized spacial score (nSPS) is 19.5. The predicted molar refractivity (Wildman–Crippen MR) is 92.1 cm³/mol. The molecule has 26 heavy (non-hydrogen) atoms. The molecular weight excluding hydrogens is 340 g/mol. The second kappa shape index (κ2) is 8.33. The van der Waals surface area contributed by atoms with Crippen LogP contribution in [0.25, 0.3) is 0 Å². The molecule has 1 aliphatic heterocycles. The van der Waals surface area contributed by atoms with Gasteiger partial charge in [0.15, 0.2) is 6.10 Å². The molecule has 1 aromatic rings. The van der Waals surface area contributed by atoms with E-state index in [1.165, 1.54) is 0 Å². The zero-order valence-electron chi connectivity index (χ0n) is 15.0. The molecule has 2 rings (SSSR count). The molecule has 1 aromatic carbocycles. The van der Waals surface area contributed by atoms with Gasteiger partial charge in [-0.2, -0.15) is 0 Å². The third kappa shape index (κ3) is 4.42. The van der Waals surface area contributed by atoms with Crippen LogP contribution < -0.4 is 0 Å². The molecule has 7 heteroatoms. The van der Waals surface area contributed by atoms with Crippen LogP contribution in [0.3, 0.4) is 0 Å². The Morgan fingerprint density at radius 2 is 1.85 bits per heavy atom. The Hall–Kier alpha value is -2.38. The van der Waals surface area contributed by atoms with Crippen molar-refractivity contribution in [2.24, 2.45) is 5.92 Å². The summed E-state index contributed by atoms with van der Waals surface area (Å²) in [6.45, 7) is 5.15. The summed E-state index contributed by atoms with van der Waals surface area (Å²) < 4.78 is 9.84. The summed E-state index contributed by atoms with van der Waals surface area (Å²) in [7, 11) is 0. The number of hydrogen-bond donors (Lipinski definition) is 3. The van der Waals surface area contributed by atoms with Crippen LogP contribution in [0.5, 0.6) is 0 Å². The van der Waals surface area contributed by atoms with Crippen molar-refractivity contribution in [1.82, 2.24) is 0 Å². The molecule has 0 radical (unpaired) electrons. The molecule has 0 bridgehead atoms. The highest BCUT2D eigenvalue weighted by Crippen LogP contribution is 2.28. The van der Waals surface area contributed by atoms with Gasteiger partial charge in [0.1, 0.15) is 6.10 Å². The Bertz CT molecular complexity index is 690. The van der Waals surface area contributed by atoms with E-state index >= 15 is 0 Å². The van der Waals surface area contributed by atoms with Crippen LogP contribution >= 0.6 is 0 Å². The standard InChI is InChI=1S/C19H24O7/c1-10(2)8-12-4-6-13(7-5-12)11(3)18(23)26-17-15(22)19(24)25-16(17)14(21)9-20/h4-7,10-11,14,16,20-22H,8-9H2,1-3H3/t11?,14-,16+/m0/s1. The van der Waals surface area contributed by atoms with Gasteiger partial charge in [0.2, 0.25) is 11.5 Å². The maximum absolute atomic E-state index is 12.4. The van der Waals surface area contributed by atoms with Gasteiger partial charge in [-0.25, -0.2) is 4.79 Å². The van der Waals surface area contributed by atoms with Crippen molar-refractivity contribution >= 4 is 11.9 Å². The summed E-state index contributed by atoms with van der Waals surface area (Å²) in [6, 6.07) is 7.54. The van der Waals surface area contributed by atoms with Crippen LogP contribution in [-0.4, -0.2) is 46.1 Å². The largest absolute Gasteiger partial charge is 0.499 e. The first kappa shape index (κ1) is 19.9. The van der Waals surface area contributed by atoms with Crippen LogP contribution in [0.4, 0.5) is 0 Å². The molecule has 0 spiro atoms. The Balaban J connectivity index is 2.11. The van der Waals surface area contributed by atoms with E-state index in [0.717, 1.165) is 12.0 Å². The number of esters is 2. The monoisotopic (exact) mass is 364 g/mol. The molecule has 1 aliphatic rings. The number of rotatable bonds is 7. The zero-order valence-corrected chi connectivity index (χ0v) is 15.0. The lowest BCUT2D eigenvalue weighted by Gasteiger charge is -2.19. The van der Waals surface area contributed by atoms with E-state index in [1.54, 1.807) is 6.92 Å². The summed E-state index contributed by atoms with van der Waals surface area (Å²) in [5.41, 5.74) is 1.87. The number of carbonyl (C=O) groups excluding carboxylic acids is 2. The van der Waals surface area contributed by atoms with Gasteiger partial charge in [0, 0.05) is 0 Å². The van der Waals surface area contributed by atoms with E-state index in [9.17, 15) is 19.8 Å². The summed E-state index contributed by atoms with van der Waals surface area (Å²) in [5.74, 6) is -3.33. The van der Waals surface area contributed by atoms with Gasteiger partial charge in [0.05, 0.1) is 12.5 Å². The maximum Gasteiger partial charge on any atom is 0.378 e. The molecule has 7 nitrogen and oxygen atoms in total. The van der Waals surface area contributed by atoms with Gasteiger partial charge in [-0.15, -0.1) is 0 Å². The lowest BCUT2D eigenvalue weighted by molar-refractivity contribution is -0.151. The van der Waals surface area contributed by atoms with E-state index in [0.29, 0.717) is 11.5 Å². The first-order chi connectivity index (χ1) is 12.2. The van der Waals surface area contributed by atoms with Crippen LogP contribution in [0.1, 0.15) is 37.8 Å². The lowest BCUT2D eigenvalue weighted by Crippen LogP contribution is -2.33. The highest BCUT2D eigenvalue weighted by Gasteiger charge is 2.42. The van der Waals surface area contributed by atoms with E-state index in [-0.39, 0.29) is 0 Å². The molecule has 0 aliphatic carbocycles. The van der Waals surface area contributed by atoms with Crippen LogP contribution in [-0.2, 0) is 25.5 Å². The van der Waals surface area contributed by atoms with E-state index in [4.69, 9.17) is 14.6 Å². The smallest absolute Gasteiger partial charge is 0.378 e. The number of aliphatic hydroxyl groups is 3. The lowest BCUT2D eigenvalue weighted by atomic mass is 9.97. The van der Waals surface area contributed by atoms with Crippen LogP contribution in [0.15, 0.2) is 35.8 Å². The molecule has 0 aromatic heterocycles.